The average Bonchev–Trinajstić information content (AvgIpc) is 3.09. The van der Waals surface area contributed by atoms with Crippen LogP contribution in [0.2, 0.25) is 0 Å². The molecule has 158 valence electrons. The lowest BCUT2D eigenvalue weighted by molar-refractivity contribution is 0.246. The first-order chi connectivity index (χ1) is 14.6. The molecule has 0 aliphatic carbocycles. The van der Waals surface area contributed by atoms with E-state index in [4.69, 9.17) is 9.47 Å². The summed E-state index contributed by atoms with van der Waals surface area (Å²) in [5.74, 6) is 1.98. The summed E-state index contributed by atoms with van der Waals surface area (Å²) < 4.78 is 26.0. The second kappa shape index (κ2) is 8.80. The van der Waals surface area contributed by atoms with Gasteiger partial charge in [0.05, 0.1) is 19.8 Å². The number of hydrogen-bond acceptors (Lipinski definition) is 6. The Kier molecular flexibility index (Phi) is 5.96. The van der Waals surface area contributed by atoms with Crippen molar-refractivity contribution in [3.63, 3.8) is 0 Å². The molecule has 1 aromatic carbocycles. The zero-order valence-electron chi connectivity index (χ0n) is 16.6. The Morgan fingerprint density at radius 2 is 2.00 bits per heavy atom. The number of benzene rings is 1. The first kappa shape index (κ1) is 20.3. The van der Waals surface area contributed by atoms with Crippen molar-refractivity contribution in [3.05, 3.63) is 36.5 Å². The maximum Gasteiger partial charge on any atom is 0.320 e. The molecule has 0 spiro atoms. The van der Waals surface area contributed by atoms with Crippen LogP contribution in [0.5, 0.6) is 11.5 Å². The molecule has 30 heavy (non-hydrogen) atoms. The van der Waals surface area contributed by atoms with E-state index >= 15 is 0 Å². The predicted octanol–water partition coefficient (Wildman–Crippen LogP) is 3.44. The molecule has 8 nitrogen and oxygen atoms in total. The third-order valence-electron chi connectivity index (χ3n) is 5.05. The van der Waals surface area contributed by atoms with Crippen LogP contribution in [-0.2, 0) is 0 Å². The molecule has 2 aromatic heterocycles. The number of pyridine rings is 1. The van der Waals surface area contributed by atoms with E-state index in [1.165, 1.54) is 3.97 Å². The largest absolute Gasteiger partial charge is 0.496 e. The van der Waals surface area contributed by atoms with Crippen LogP contribution in [-0.4, -0.2) is 48.8 Å². The molecule has 2 amide bonds. The van der Waals surface area contributed by atoms with Gasteiger partial charge in [-0.2, -0.15) is 0 Å². The molecule has 3 heterocycles. The monoisotopic (exact) mass is 431 g/mol. The average molecular weight is 431 g/mol. The minimum absolute atomic E-state index is 0.0303. The third kappa shape index (κ3) is 3.88. The Balaban J connectivity index is 1.67. The van der Waals surface area contributed by atoms with Crippen LogP contribution in [0.3, 0.4) is 0 Å². The first-order valence-electron chi connectivity index (χ1n) is 9.42. The van der Waals surface area contributed by atoms with Crippen LogP contribution in [0.25, 0.3) is 22.2 Å². The SMILES string of the molecule is COc1cccc(OC)c1-c1cn(SF)c2nc(NC(=O)NCC3CNC3)ccc12. The van der Waals surface area contributed by atoms with Gasteiger partial charge >= 0.3 is 6.03 Å². The van der Waals surface area contributed by atoms with E-state index in [0.717, 1.165) is 13.1 Å². The number of nitrogens with zero attached hydrogens (tertiary/aromatic N) is 2. The van der Waals surface area contributed by atoms with Crippen LogP contribution < -0.4 is 25.4 Å². The fourth-order valence-corrected chi connectivity index (χ4v) is 3.75. The highest BCUT2D eigenvalue weighted by molar-refractivity contribution is 7.92. The number of fused-ring (bicyclic) bond motifs is 1. The van der Waals surface area contributed by atoms with Gasteiger partial charge in [0.25, 0.3) is 0 Å². The number of carbonyl (C=O) groups is 1. The van der Waals surface area contributed by atoms with Crippen molar-refractivity contribution < 1.29 is 18.2 Å². The van der Waals surface area contributed by atoms with Crippen molar-refractivity contribution in [2.75, 3.05) is 39.2 Å². The summed E-state index contributed by atoms with van der Waals surface area (Å²) in [4.78, 5) is 16.6. The molecule has 0 atom stereocenters. The molecule has 1 fully saturated rings. The number of aromatic nitrogens is 2. The molecule has 4 rings (SSSR count). The van der Waals surface area contributed by atoms with Crippen LogP contribution >= 0.6 is 12.3 Å². The van der Waals surface area contributed by atoms with E-state index in [2.05, 4.69) is 20.9 Å². The summed E-state index contributed by atoms with van der Waals surface area (Å²) in [6, 6.07) is 8.59. The first-order valence-corrected chi connectivity index (χ1v) is 10.1. The third-order valence-corrected chi connectivity index (χ3v) is 5.48. The summed E-state index contributed by atoms with van der Waals surface area (Å²) in [6.45, 7) is 2.40. The minimum atomic E-state index is -0.341. The van der Waals surface area contributed by atoms with Crippen LogP contribution in [0.1, 0.15) is 0 Å². The fraction of sp³-hybridized carbons (Fsp3) is 0.300. The Morgan fingerprint density at radius 1 is 1.27 bits per heavy atom. The molecule has 1 aliphatic heterocycles. The highest BCUT2D eigenvalue weighted by Gasteiger charge is 2.21. The van der Waals surface area contributed by atoms with Gasteiger partial charge in [0.15, 0.2) is 18.0 Å². The summed E-state index contributed by atoms with van der Waals surface area (Å²) in [5.41, 5.74) is 1.80. The summed E-state index contributed by atoms with van der Waals surface area (Å²) in [6.07, 6.45) is 1.64. The normalized spacial score (nSPS) is 13.7. The number of methoxy groups -OCH3 is 2. The Morgan fingerprint density at radius 3 is 2.60 bits per heavy atom. The summed E-state index contributed by atoms with van der Waals surface area (Å²) in [7, 11) is 3.14. The number of nitrogens with one attached hydrogen (secondary N) is 3. The van der Waals surface area contributed by atoms with Crippen LogP contribution in [0.15, 0.2) is 36.5 Å². The second-order valence-corrected chi connectivity index (χ2v) is 7.43. The molecule has 3 aromatic rings. The van der Waals surface area contributed by atoms with Gasteiger partial charge < -0.3 is 20.1 Å². The fourth-order valence-electron chi connectivity index (χ4n) is 3.40. The van der Waals surface area contributed by atoms with E-state index in [0.29, 0.717) is 51.9 Å². The number of ether oxygens (including phenoxy) is 2. The van der Waals surface area contributed by atoms with Crippen molar-refractivity contribution in [2.24, 2.45) is 5.92 Å². The number of hydrogen-bond donors (Lipinski definition) is 3. The Labute approximate surface area is 177 Å². The number of carbonyl (C=O) groups excluding carboxylic acids is 1. The topological polar surface area (TPSA) is 89.4 Å². The van der Waals surface area contributed by atoms with Crippen LogP contribution in [0, 0.1) is 5.92 Å². The van der Waals surface area contributed by atoms with Crippen molar-refractivity contribution in [2.45, 2.75) is 0 Å². The predicted molar refractivity (Wildman–Crippen MR) is 116 cm³/mol. The van der Waals surface area contributed by atoms with E-state index < -0.39 is 0 Å². The lowest BCUT2D eigenvalue weighted by Gasteiger charge is -2.27. The molecule has 0 radical (unpaired) electrons. The van der Waals surface area contributed by atoms with Gasteiger partial charge in [0.2, 0.25) is 0 Å². The molecule has 0 bridgehead atoms. The number of anilines is 1. The molecule has 3 N–H and O–H groups in total. The maximum atomic E-state index is 13.7. The summed E-state index contributed by atoms with van der Waals surface area (Å²) in [5, 5.41) is 9.39. The molecular weight excluding hydrogens is 409 g/mol. The zero-order valence-corrected chi connectivity index (χ0v) is 17.4. The molecule has 0 saturated carbocycles. The molecule has 0 unspecified atom stereocenters. The smallest absolute Gasteiger partial charge is 0.320 e. The van der Waals surface area contributed by atoms with Crippen LogP contribution in [0.4, 0.5) is 14.5 Å². The standard InChI is InChI=1S/C20H22FN5O3S/c1-28-15-4-3-5-16(29-2)18(15)14-11-26(30-21)19-13(14)6-7-17(24-19)25-20(27)23-10-12-8-22-9-12/h3-7,11-12,22H,8-10H2,1-2H3,(H2,23,24,25,27). The quantitative estimate of drug-likeness (QED) is 0.531. The Hall–Kier alpha value is -2.98. The van der Waals surface area contributed by atoms with Gasteiger partial charge in [-0.25, -0.2) is 13.8 Å². The molecule has 10 heteroatoms. The number of urea groups is 1. The van der Waals surface area contributed by atoms with E-state index in [9.17, 15) is 8.68 Å². The van der Waals surface area contributed by atoms with Crippen molar-refractivity contribution in [1.82, 2.24) is 19.6 Å². The summed E-state index contributed by atoms with van der Waals surface area (Å²) >= 11 is 0.0303. The van der Waals surface area contributed by atoms with Gasteiger partial charge in [-0.1, -0.05) is 6.07 Å². The highest BCUT2D eigenvalue weighted by Crippen LogP contribution is 2.43. The van der Waals surface area contributed by atoms with E-state index in [-0.39, 0.29) is 18.4 Å². The van der Waals surface area contributed by atoms with Crippen molar-refractivity contribution in [1.29, 1.82) is 0 Å². The molecular formula is C20H22FN5O3S. The zero-order chi connectivity index (χ0) is 21.1. The van der Waals surface area contributed by atoms with Gasteiger partial charge in [0, 0.05) is 42.7 Å². The van der Waals surface area contributed by atoms with Gasteiger partial charge in [-0.15, -0.1) is 3.89 Å². The Bertz CT molecular complexity index is 1050. The van der Waals surface area contributed by atoms with E-state index in [1.807, 2.05) is 18.2 Å². The lowest BCUT2D eigenvalue weighted by atomic mass is 10.0. The van der Waals surface area contributed by atoms with Crippen molar-refractivity contribution in [3.8, 4) is 22.6 Å². The molecule has 1 aliphatic rings. The number of rotatable bonds is 7. The number of halogens is 1. The number of amides is 2. The van der Waals surface area contributed by atoms with Gasteiger partial charge in [0.1, 0.15) is 17.3 Å². The van der Waals surface area contributed by atoms with Gasteiger partial charge in [-0.05, 0) is 24.3 Å². The molecule has 1 saturated heterocycles. The van der Waals surface area contributed by atoms with E-state index in [1.54, 1.807) is 32.5 Å². The van der Waals surface area contributed by atoms with Crippen molar-refractivity contribution >= 4 is 35.2 Å². The minimum Gasteiger partial charge on any atom is -0.496 e. The lowest BCUT2D eigenvalue weighted by Crippen LogP contribution is -2.48. The van der Waals surface area contributed by atoms with Gasteiger partial charge in [-0.3, -0.25) is 5.32 Å². The maximum absolute atomic E-state index is 13.7. The second-order valence-electron chi connectivity index (χ2n) is 6.90. The highest BCUT2D eigenvalue weighted by atomic mass is 32.2.